The first-order chi connectivity index (χ1) is 8.61. The van der Waals surface area contributed by atoms with Gasteiger partial charge in [-0.3, -0.25) is 0 Å². The first kappa shape index (κ1) is 13.2. The molecule has 0 fully saturated rings. The van der Waals surface area contributed by atoms with E-state index >= 15 is 0 Å². The zero-order valence-corrected chi connectivity index (χ0v) is 11.8. The Bertz CT molecular complexity index is 533. The highest BCUT2D eigenvalue weighted by molar-refractivity contribution is 7.15. The molecule has 0 radical (unpaired) electrons. The summed E-state index contributed by atoms with van der Waals surface area (Å²) in [6.07, 6.45) is 0. The monoisotopic (exact) mass is 263 g/mol. The molecule has 1 unspecified atom stereocenters. The Morgan fingerprint density at radius 3 is 2.67 bits per heavy atom. The smallest absolute Gasteiger partial charge is 0.131 e. The second kappa shape index (κ2) is 5.63. The third-order valence-electron chi connectivity index (χ3n) is 3.01. The summed E-state index contributed by atoms with van der Waals surface area (Å²) in [4.78, 5) is 2.20. The van der Waals surface area contributed by atoms with Gasteiger partial charge in [0.05, 0.1) is 0 Å². The van der Waals surface area contributed by atoms with E-state index in [0.29, 0.717) is 5.56 Å². The Labute approximate surface area is 112 Å². The molecule has 0 saturated carbocycles. The van der Waals surface area contributed by atoms with Crippen LogP contribution >= 0.6 is 11.3 Å². The van der Waals surface area contributed by atoms with Gasteiger partial charge in [-0.25, -0.2) is 4.39 Å². The lowest BCUT2D eigenvalue weighted by Crippen LogP contribution is -2.17. The van der Waals surface area contributed by atoms with Gasteiger partial charge in [0.2, 0.25) is 0 Å². The summed E-state index contributed by atoms with van der Waals surface area (Å²) in [6.45, 7) is 7.12. The first-order valence-corrected chi connectivity index (χ1v) is 7.03. The highest BCUT2D eigenvalue weighted by atomic mass is 32.1. The molecule has 0 spiro atoms. The third kappa shape index (κ3) is 2.79. The van der Waals surface area contributed by atoms with E-state index < -0.39 is 0 Å². The van der Waals surface area contributed by atoms with Gasteiger partial charge in [0, 0.05) is 21.4 Å². The standard InChI is InChI=1S/C15H18FNS/c1-4-17-11(3)12-6-7-14(16)13(9-12)15-8-5-10(2)18-15/h5-9,11,17H,4H2,1-3H3. The number of hydrogen-bond donors (Lipinski definition) is 1. The molecule has 1 heterocycles. The van der Waals surface area contributed by atoms with Gasteiger partial charge in [-0.2, -0.15) is 0 Å². The van der Waals surface area contributed by atoms with Gasteiger partial charge >= 0.3 is 0 Å². The number of hydrogen-bond acceptors (Lipinski definition) is 2. The van der Waals surface area contributed by atoms with Crippen LogP contribution in [0.5, 0.6) is 0 Å². The number of rotatable bonds is 4. The topological polar surface area (TPSA) is 12.0 Å². The summed E-state index contributed by atoms with van der Waals surface area (Å²) in [5, 5.41) is 3.35. The maximum absolute atomic E-state index is 13.9. The number of halogens is 1. The minimum absolute atomic E-state index is 0.149. The quantitative estimate of drug-likeness (QED) is 0.854. The minimum atomic E-state index is -0.149. The number of aryl methyl sites for hydroxylation is 1. The average molecular weight is 263 g/mol. The van der Waals surface area contributed by atoms with E-state index in [9.17, 15) is 4.39 Å². The zero-order valence-electron chi connectivity index (χ0n) is 11.0. The van der Waals surface area contributed by atoms with E-state index in [-0.39, 0.29) is 11.9 Å². The summed E-state index contributed by atoms with van der Waals surface area (Å²) < 4.78 is 13.9. The molecule has 1 atom stereocenters. The molecular formula is C15H18FNS. The van der Waals surface area contributed by atoms with Crippen molar-refractivity contribution >= 4 is 11.3 Å². The maximum Gasteiger partial charge on any atom is 0.131 e. The molecule has 3 heteroatoms. The molecule has 2 rings (SSSR count). The van der Waals surface area contributed by atoms with Crippen molar-refractivity contribution in [2.75, 3.05) is 6.54 Å². The maximum atomic E-state index is 13.9. The lowest BCUT2D eigenvalue weighted by atomic mass is 10.0. The van der Waals surface area contributed by atoms with Crippen molar-refractivity contribution < 1.29 is 4.39 Å². The van der Waals surface area contributed by atoms with Crippen molar-refractivity contribution in [1.82, 2.24) is 5.32 Å². The summed E-state index contributed by atoms with van der Waals surface area (Å²) in [7, 11) is 0. The minimum Gasteiger partial charge on any atom is -0.310 e. The van der Waals surface area contributed by atoms with E-state index in [2.05, 4.69) is 19.2 Å². The molecule has 0 aliphatic carbocycles. The molecule has 0 amide bonds. The van der Waals surface area contributed by atoms with Gasteiger partial charge in [0.1, 0.15) is 5.82 Å². The van der Waals surface area contributed by atoms with Gasteiger partial charge in [-0.05, 0) is 50.2 Å². The Balaban J connectivity index is 2.38. The Morgan fingerprint density at radius 2 is 2.06 bits per heavy atom. The zero-order chi connectivity index (χ0) is 13.1. The fourth-order valence-corrected chi connectivity index (χ4v) is 2.89. The lowest BCUT2D eigenvalue weighted by Gasteiger charge is -2.14. The third-order valence-corrected chi connectivity index (χ3v) is 4.04. The van der Waals surface area contributed by atoms with Crippen LogP contribution in [0, 0.1) is 12.7 Å². The van der Waals surface area contributed by atoms with E-state index in [1.54, 1.807) is 17.4 Å². The lowest BCUT2D eigenvalue weighted by molar-refractivity contribution is 0.593. The number of nitrogens with one attached hydrogen (secondary N) is 1. The molecule has 0 bridgehead atoms. The van der Waals surface area contributed by atoms with E-state index in [4.69, 9.17) is 0 Å². The van der Waals surface area contributed by atoms with Crippen molar-refractivity contribution in [3.63, 3.8) is 0 Å². The molecule has 1 N–H and O–H groups in total. The highest BCUT2D eigenvalue weighted by Gasteiger charge is 2.11. The number of benzene rings is 1. The molecule has 0 aliphatic rings. The first-order valence-electron chi connectivity index (χ1n) is 6.21. The fourth-order valence-electron chi connectivity index (χ4n) is 2.00. The highest BCUT2D eigenvalue weighted by Crippen LogP contribution is 2.31. The van der Waals surface area contributed by atoms with Crippen LogP contribution in [0.3, 0.4) is 0 Å². The van der Waals surface area contributed by atoms with Gasteiger partial charge in [0.15, 0.2) is 0 Å². The summed E-state index contributed by atoms with van der Waals surface area (Å²) in [5.74, 6) is -0.149. The fraction of sp³-hybridized carbons (Fsp3) is 0.333. The van der Waals surface area contributed by atoms with Crippen LogP contribution in [0.2, 0.25) is 0 Å². The Hall–Kier alpha value is -1.19. The van der Waals surface area contributed by atoms with E-state index in [1.807, 2.05) is 31.2 Å². The Kier molecular flexibility index (Phi) is 4.15. The van der Waals surface area contributed by atoms with Crippen molar-refractivity contribution in [2.24, 2.45) is 0 Å². The van der Waals surface area contributed by atoms with Crippen LogP contribution in [-0.4, -0.2) is 6.54 Å². The average Bonchev–Trinajstić information content (AvgIpc) is 2.76. The van der Waals surface area contributed by atoms with E-state index in [0.717, 1.165) is 17.0 Å². The predicted molar refractivity (Wildman–Crippen MR) is 76.5 cm³/mol. The molecule has 1 aromatic carbocycles. The molecule has 96 valence electrons. The van der Waals surface area contributed by atoms with Gasteiger partial charge < -0.3 is 5.32 Å². The number of thiophene rings is 1. The molecule has 1 aromatic heterocycles. The molecule has 1 nitrogen and oxygen atoms in total. The summed E-state index contributed by atoms with van der Waals surface area (Å²) in [6, 6.07) is 9.63. The summed E-state index contributed by atoms with van der Waals surface area (Å²) in [5.41, 5.74) is 1.83. The van der Waals surface area contributed by atoms with E-state index in [1.165, 1.54) is 4.88 Å². The molecule has 0 saturated heterocycles. The molecular weight excluding hydrogens is 245 g/mol. The van der Waals surface area contributed by atoms with Crippen LogP contribution in [-0.2, 0) is 0 Å². The Morgan fingerprint density at radius 1 is 1.28 bits per heavy atom. The van der Waals surface area contributed by atoms with Gasteiger partial charge in [0.25, 0.3) is 0 Å². The predicted octanol–water partition coefficient (Wildman–Crippen LogP) is 4.53. The van der Waals surface area contributed by atoms with Crippen molar-refractivity contribution in [2.45, 2.75) is 26.8 Å². The van der Waals surface area contributed by atoms with Crippen molar-refractivity contribution in [3.05, 3.63) is 46.6 Å². The van der Waals surface area contributed by atoms with Crippen LogP contribution in [0.1, 0.15) is 30.3 Å². The van der Waals surface area contributed by atoms with Crippen LogP contribution < -0.4 is 5.32 Å². The second-order valence-electron chi connectivity index (χ2n) is 4.43. The SMILES string of the molecule is CCNC(C)c1ccc(F)c(-c2ccc(C)s2)c1. The van der Waals surface area contributed by atoms with Crippen molar-refractivity contribution in [3.8, 4) is 10.4 Å². The molecule has 0 aliphatic heterocycles. The molecule has 2 aromatic rings. The van der Waals surface area contributed by atoms with Crippen LogP contribution in [0.25, 0.3) is 10.4 Å². The van der Waals surface area contributed by atoms with Gasteiger partial charge in [-0.15, -0.1) is 11.3 Å². The van der Waals surface area contributed by atoms with Crippen molar-refractivity contribution in [1.29, 1.82) is 0 Å². The second-order valence-corrected chi connectivity index (χ2v) is 5.72. The van der Waals surface area contributed by atoms with Gasteiger partial charge in [-0.1, -0.05) is 13.0 Å². The summed E-state index contributed by atoms with van der Waals surface area (Å²) >= 11 is 1.63. The normalized spacial score (nSPS) is 12.7. The largest absolute Gasteiger partial charge is 0.310 e. The van der Waals surface area contributed by atoms with Crippen LogP contribution in [0.4, 0.5) is 4.39 Å². The molecule has 18 heavy (non-hydrogen) atoms. The van der Waals surface area contributed by atoms with Crippen LogP contribution in [0.15, 0.2) is 30.3 Å².